The maximum atomic E-state index is 13.3. The second-order valence-corrected chi connectivity index (χ2v) is 3.95. The number of nitrogens with two attached hydrogens (primary N) is 1. The van der Waals surface area contributed by atoms with Crippen LogP contribution in [-0.4, -0.2) is 0 Å². The summed E-state index contributed by atoms with van der Waals surface area (Å²) in [5, 5.41) is 8.69. The molecule has 18 heavy (non-hydrogen) atoms. The molecule has 0 heterocycles. The molecular formula is C13H8ClFN2O. The van der Waals surface area contributed by atoms with E-state index in [9.17, 15) is 4.39 Å². The summed E-state index contributed by atoms with van der Waals surface area (Å²) in [5.41, 5.74) is 6.34. The van der Waals surface area contributed by atoms with E-state index in [0.717, 1.165) is 6.07 Å². The lowest BCUT2D eigenvalue weighted by Crippen LogP contribution is -1.94. The summed E-state index contributed by atoms with van der Waals surface area (Å²) < 4.78 is 18.7. The van der Waals surface area contributed by atoms with Gasteiger partial charge in [-0.2, -0.15) is 5.26 Å². The number of halogens is 2. The van der Waals surface area contributed by atoms with Gasteiger partial charge in [0.15, 0.2) is 5.75 Å². The molecule has 0 bridgehead atoms. The largest absolute Gasteiger partial charge is 0.455 e. The number of nitrogen functional groups attached to an aromatic ring is 1. The Kier molecular flexibility index (Phi) is 3.35. The lowest BCUT2D eigenvalue weighted by molar-refractivity contribution is 0.479. The van der Waals surface area contributed by atoms with Gasteiger partial charge in [-0.25, -0.2) is 4.39 Å². The molecule has 3 nitrogen and oxygen atoms in total. The van der Waals surface area contributed by atoms with Crippen LogP contribution in [0, 0.1) is 17.1 Å². The van der Waals surface area contributed by atoms with Gasteiger partial charge in [-0.3, -0.25) is 0 Å². The Morgan fingerprint density at radius 2 is 2.06 bits per heavy atom. The molecule has 0 aromatic heterocycles. The molecule has 0 saturated heterocycles. The summed E-state index contributed by atoms with van der Waals surface area (Å²) in [6.45, 7) is 0. The van der Waals surface area contributed by atoms with E-state index in [1.807, 2.05) is 6.07 Å². The normalized spacial score (nSPS) is 9.83. The van der Waals surface area contributed by atoms with Crippen molar-refractivity contribution in [3.63, 3.8) is 0 Å². The summed E-state index contributed by atoms with van der Waals surface area (Å²) in [7, 11) is 0. The van der Waals surface area contributed by atoms with Crippen LogP contribution in [0.25, 0.3) is 0 Å². The van der Waals surface area contributed by atoms with Crippen LogP contribution in [-0.2, 0) is 0 Å². The van der Waals surface area contributed by atoms with E-state index in [1.165, 1.54) is 12.1 Å². The molecule has 0 spiro atoms. The van der Waals surface area contributed by atoms with E-state index in [4.69, 9.17) is 27.3 Å². The van der Waals surface area contributed by atoms with Gasteiger partial charge in [0, 0.05) is 6.07 Å². The van der Waals surface area contributed by atoms with Gasteiger partial charge in [-0.1, -0.05) is 17.7 Å². The fourth-order valence-electron chi connectivity index (χ4n) is 1.39. The predicted octanol–water partition coefficient (Wildman–Crippen LogP) is 3.73. The molecule has 0 aliphatic carbocycles. The van der Waals surface area contributed by atoms with Gasteiger partial charge in [-0.15, -0.1) is 0 Å². The van der Waals surface area contributed by atoms with Gasteiger partial charge in [-0.05, 0) is 24.3 Å². The number of hydrogen-bond acceptors (Lipinski definition) is 3. The van der Waals surface area contributed by atoms with Crippen LogP contribution in [0.15, 0.2) is 36.4 Å². The Labute approximate surface area is 108 Å². The zero-order valence-corrected chi connectivity index (χ0v) is 9.91. The first-order valence-corrected chi connectivity index (χ1v) is 5.40. The highest BCUT2D eigenvalue weighted by molar-refractivity contribution is 6.31. The van der Waals surface area contributed by atoms with Crippen molar-refractivity contribution < 1.29 is 9.13 Å². The van der Waals surface area contributed by atoms with Crippen molar-refractivity contribution in [2.24, 2.45) is 0 Å². The molecule has 0 aliphatic rings. The third-order valence-corrected chi connectivity index (χ3v) is 2.53. The highest BCUT2D eigenvalue weighted by Gasteiger charge is 2.08. The number of ether oxygens (including phenoxy) is 1. The highest BCUT2D eigenvalue weighted by atomic mass is 35.5. The highest BCUT2D eigenvalue weighted by Crippen LogP contribution is 2.31. The zero-order valence-electron chi connectivity index (χ0n) is 9.15. The molecular weight excluding hydrogens is 255 g/mol. The van der Waals surface area contributed by atoms with Gasteiger partial charge < -0.3 is 10.5 Å². The standard InChI is InChI=1S/C13H8ClFN2O/c14-10-5-12(17)13(6-11(10)15)18-9-3-1-2-8(4-9)7-16/h1-6H,17H2. The van der Waals surface area contributed by atoms with Crippen molar-refractivity contribution >= 4 is 17.3 Å². The van der Waals surface area contributed by atoms with Gasteiger partial charge in [0.1, 0.15) is 11.6 Å². The maximum Gasteiger partial charge on any atom is 0.153 e. The van der Waals surface area contributed by atoms with E-state index in [0.29, 0.717) is 11.3 Å². The minimum Gasteiger partial charge on any atom is -0.455 e. The Balaban J connectivity index is 2.34. The van der Waals surface area contributed by atoms with Crippen LogP contribution in [0.3, 0.4) is 0 Å². The third kappa shape index (κ3) is 2.53. The van der Waals surface area contributed by atoms with Gasteiger partial charge in [0.2, 0.25) is 0 Å². The van der Waals surface area contributed by atoms with Crippen LogP contribution in [0.4, 0.5) is 10.1 Å². The van der Waals surface area contributed by atoms with E-state index < -0.39 is 5.82 Å². The fraction of sp³-hybridized carbons (Fsp3) is 0. The fourth-order valence-corrected chi connectivity index (χ4v) is 1.56. The molecule has 2 rings (SSSR count). The van der Waals surface area contributed by atoms with E-state index in [1.54, 1.807) is 18.2 Å². The first kappa shape index (κ1) is 12.2. The molecule has 0 atom stereocenters. The SMILES string of the molecule is N#Cc1cccc(Oc2cc(F)c(Cl)cc2N)c1. The molecule has 0 unspecified atom stereocenters. The number of nitriles is 1. The number of anilines is 1. The lowest BCUT2D eigenvalue weighted by atomic mass is 10.2. The van der Waals surface area contributed by atoms with Crippen molar-refractivity contribution in [3.05, 3.63) is 52.8 Å². The molecule has 90 valence electrons. The molecule has 5 heteroatoms. The van der Waals surface area contributed by atoms with Gasteiger partial charge in [0.25, 0.3) is 0 Å². The lowest BCUT2D eigenvalue weighted by Gasteiger charge is -2.09. The number of hydrogen-bond donors (Lipinski definition) is 1. The van der Waals surface area contributed by atoms with Crippen LogP contribution < -0.4 is 10.5 Å². The van der Waals surface area contributed by atoms with Crippen LogP contribution in [0.5, 0.6) is 11.5 Å². The number of nitrogens with zero attached hydrogens (tertiary/aromatic N) is 1. The summed E-state index contributed by atoms with van der Waals surface area (Å²) in [5.74, 6) is -0.0493. The zero-order chi connectivity index (χ0) is 13.1. The average Bonchev–Trinajstić information content (AvgIpc) is 2.36. The Hall–Kier alpha value is -2.25. The maximum absolute atomic E-state index is 13.3. The van der Waals surface area contributed by atoms with Crippen molar-refractivity contribution in [2.75, 3.05) is 5.73 Å². The third-order valence-electron chi connectivity index (χ3n) is 2.24. The molecule has 0 radical (unpaired) electrons. The first-order chi connectivity index (χ1) is 8.60. The monoisotopic (exact) mass is 262 g/mol. The van der Waals surface area contributed by atoms with Crippen LogP contribution >= 0.6 is 11.6 Å². The smallest absolute Gasteiger partial charge is 0.153 e. The summed E-state index contributed by atoms with van der Waals surface area (Å²) in [6, 6.07) is 10.8. The van der Waals surface area contributed by atoms with Crippen molar-refractivity contribution in [1.82, 2.24) is 0 Å². The van der Waals surface area contributed by atoms with Crippen molar-refractivity contribution in [2.45, 2.75) is 0 Å². The van der Waals surface area contributed by atoms with Crippen molar-refractivity contribution in [1.29, 1.82) is 5.26 Å². The van der Waals surface area contributed by atoms with Crippen LogP contribution in [0.2, 0.25) is 5.02 Å². The summed E-state index contributed by atoms with van der Waals surface area (Å²) in [6.07, 6.45) is 0. The Morgan fingerprint density at radius 1 is 1.28 bits per heavy atom. The molecule has 2 aromatic carbocycles. The summed E-state index contributed by atoms with van der Waals surface area (Å²) in [4.78, 5) is 0. The van der Waals surface area contributed by atoms with E-state index in [-0.39, 0.29) is 16.5 Å². The number of benzene rings is 2. The first-order valence-electron chi connectivity index (χ1n) is 5.02. The second-order valence-electron chi connectivity index (χ2n) is 3.55. The van der Waals surface area contributed by atoms with Crippen molar-refractivity contribution in [3.8, 4) is 17.6 Å². The van der Waals surface area contributed by atoms with E-state index in [2.05, 4.69) is 0 Å². The predicted molar refractivity (Wildman–Crippen MR) is 67.1 cm³/mol. The Morgan fingerprint density at radius 3 is 2.78 bits per heavy atom. The summed E-state index contributed by atoms with van der Waals surface area (Å²) >= 11 is 5.58. The van der Waals surface area contributed by atoms with Gasteiger partial charge >= 0.3 is 0 Å². The molecule has 0 fully saturated rings. The quantitative estimate of drug-likeness (QED) is 0.839. The average molecular weight is 263 g/mol. The second kappa shape index (κ2) is 4.94. The van der Waals surface area contributed by atoms with Gasteiger partial charge in [0.05, 0.1) is 22.3 Å². The molecule has 2 aromatic rings. The van der Waals surface area contributed by atoms with E-state index >= 15 is 0 Å². The Bertz CT molecular complexity index is 637. The van der Waals surface area contributed by atoms with Crippen LogP contribution in [0.1, 0.15) is 5.56 Å². The molecule has 0 saturated carbocycles. The minimum atomic E-state index is -0.614. The number of rotatable bonds is 2. The topological polar surface area (TPSA) is 59.0 Å². The molecule has 0 amide bonds. The minimum absolute atomic E-state index is 0.0642. The molecule has 0 aliphatic heterocycles. The molecule has 2 N–H and O–H groups in total.